The molecule has 0 amide bonds. The largest absolute Gasteiger partial charge is 0.469 e. The van der Waals surface area contributed by atoms with Gasteiger partial charge < -0.3 is 14.2 Å². The lowest BCUT2D eigenvalue weighted by Crippen LogP contribution is -2.65. The molecule has 5 rings (SSSR count). The third-order valence-electron chi connectivity index (χ3n) is 6.70. The highest BCUT2D eigenvalue weighted by molar-refractivity contribution is 5.14. The molecule has 1 aliphatic carbocycles. The highest BCUT2D eigenvalue weighted by atomic mass is 17.3. The van der Waals surface area contributed by atoms with Crippen molar-refractivity contribution in [3.63, 3.8) is 0 Å². The normalized spacial score (nSPS) is 50.8. The van der Waals surface area contributed by atoms with E-state index in [1.54, 1.807) is 6.26 Å². The molecule has 1 spiro atoms. The van der Waals surface area contributed by atoms with Crippen molar-refractivity contribution < 1.29 is 24.0 Å². The van der Waals surface area contributed by atoms with Gasteiger partial charge in [0.2, 0.25) is 12.1 Å². The predicted molar refractivity (Wildman–Crippen MR) is 87.6 cm³/mol. The molecule has 0 radical (unpaired) electrons. The van der Waals surface area contributed by atoms with Crippen molar-refractivity contribution in [2.24, 2.45) is 23.7 Å². The maximum atomic E-state index is 6.39. The number of hydrogen-bond donors (Lipinski definition) is 0. The standard InChI is InChI=1S/C19H30O5/c1-5-20-13(3)10-15-11-16-12(2)6-7-14-8-9-21-17-19(14,16)24-23-18(15,4)22-17/h8-9,12-17H,5-7,10-11H2,1-4H3. The average molecular weight is 338 g/mol. The van der Waals surface area contributed by atoms with E-state index in [-0.39, 0.29) is 18.3 Å². The molecule has 5 heteroatoms. The first-order valence-electron chi connectivity index (χ1n) is 9.48. The van der Waals surface area contributed by atoms with Gasteiger partial charge in [0, 0.05) is 24.4 Å². The summed E-state index contributed by atoms with van der Waals surface area (Å²) in [6.45, 7) is 9.21. The van der Waals surface area contributed by atoms with Gasteiger partial charge in [0.05, 0.1) is 12.4 Å². The molecule has 8 atom stereocenters. The molecule has 1 saturated carbocycles. The Balaban J connectivity index is 1.68. The van der Waals surface area contributed by atoms with Crippen molar-refractivity contribution in [3.05, 3.63) is 12.3 Å². The monoisotopic (exact) mass is 338 g/mol. The number of fused-ring (bicyclic) bond motifs is 2. The van der Waals surface area contributed by atoms with Crippen LogP contribution in [0.3, 0.4) is 0 Å². The fourth-order valence-electron chi connectivity index (χ4n) is 5.34. The van der Waals surface area contributed by atoms with Gasteiger partial charge in [-0.15, -0.1) is 0 Å². The molecule has 0 aromatic rings. The molecule has 8 unspecified atom stereocenters. The first kappa shape index (κ1) is 16.8. The Bertz CT molecular complexity index is 508. The lowest BCUT2D eigenvalue weighted by atomic mass is 9.60. The summed E-state index contributed by atoms with van der Waals surface area (Å²) < 4.78 is 18.1. The molecule has 3 saturated heterocycles. The van der Waals surface area contributed by atoms with Crippen LogP contribution in [-0.4, -0.2) is 30.4 Å². The SMILES string of the molecule is CCOC(C)CC1CC2C(C)CCC3C=COC4OC1(C)OOC342. The van der Waals surface area contributed by atoms with Gasteiger partial charge in [-0.05, 0) is 58.4 Å². The van der Waals surface area contributed by atoms with E-state index < -0.39 is 11.4 Å². The van der Waals surface area contributed by atoms with Crippen LogP contribution in [0.5, 0.6) is 0 Å². The zero-order valence-electron chi connectivity index (χ0n) is 15.2. The predicted octanol–water partition coefficient (Wildman–Crippen LogP) is 3.79. The van der Waals surface area contributed by atoms with E-state index in [1.807, 2.05) is 13.8 Å². The molecular weight excluding hydrogens is 308 g/mol. The summed E-state index contributed by atoms with van der Waals surface area (Å²) in [7, 11) is 0. The van der Waals surface area contributed by atoms with E-state index in [0.29, 0.717) is 17.8 Å². The van der Waals surface area contributed by atoms with Gasteiger partial charge in [0.1, 0.15) is 0 Å². The van der Waals surface area contributed by atoms with E-state index >= 15 is 0 Å². The molecule has 0 aromatic heterocycles. The van der Waals surface area contributed by atoms with Gasteiger partial charge in [-0.25, -0.2) is 9.78 Å². The van der Waals surface area contributed by atoms with Crippen LogP contribution in [-0.2, 0) is 24.0 Å². The second-order valence-electron chi connectivity index (χ2n) is 8.15. The van der Waals surface area contributed by atoms with Crippen LogP contribution in [0.1, 0.15) is 53.4 Å². The zero-order valence-corrected chi connectivity index (χ0v) is 15.2. The molecule has 24 heavy (non-hydrogen) atoms. The lowest BCUT2D eigenvalue weighted by molar-refractivity contribution is -0.560. The molecule has 5 nitrogen and oxygen atoms in total. The van der Waals surface area contributed by atoms with E-state index in [9.17, 15) is 0 Å². The first-order valence-corrected chi connectivity index (χ1v) is 9.48. The summed E-state index contributed by atoms with van der Waals surface area (Å²) in [6.07, 6.45) is 7.95. The first-order chi connectivity index (χ1) is 11.5. The minimum atomic E-state index is -0.784. The Morgan fingerprint density at radius 2 is 2.12 bits per heavy atom. The van der Waals surface area contributed by atoms with Crippen molar-refractivity contribution >= 4 is 0 Å². The summed E-state index contributed by atoms with van der Waals surface area (Å²) in [6, 6.07) is 0. The van der Waals surface area contributed by atoms with Crippen molar-refractivity contribution in [3.8, 4) is 0 Å². The Hall–Kier alpha value is -0.620. The van der Waals surface area contributed by atoms with Crippen LogP contribution in [0.4, 0.5) is 0 Å². The van der Waals surface area contributed by atoms with E-state index in [0.717, 1.165) is 25.9 Å². The van der Waals surface area contributed by atoms with Gasteiger partial charge in [-0.2, -0.15) is 0 Å². The van der Waals surface area contributed by atoms with Crippen LogP contribution in [0, 0.1) is 23.7 Å². The lowest BCUT2D eigenvalue weighted by Gasteiger charge is -2.55. The molecule has 4 heterocycles. The maximum absolute atomic E-state index is 6.39. The number of rotatable bonds is 4. The maximum Gasteiger partial charge on any atom is 0.235 e. The molecule has 4 fully saturated rings. The Morgan fingerprint density at radius 3 is 2.92 bits per heavy atom. The Kier molecular flexibility index (Phi) is 4.19. The topological polar surface area (TPSA) is 46.2 Å². The van der Waals surface area contributed by atoms with E-state index in [4.69, 9.17) is 24.0 Å². The summed E-state index contributed by atoms with van der Waals surface area (Å²) in [5.74, 6) is 0.670. The van der Waals surface area contributed by atoms with Gasteiger partial charge in [-0.3, -0.25) is 0 Å². The van der Waals surface area contributed by atoms with Crippen LogP contribution in [0.15, 0.2) is 12.3 Å². The third-order valence-corrected chi connectivity index (χ3v) is 6.70. The second kappa shape index (κ2) is 5.97. The van der Waals surface area contributed by atoms with Crippen LogP contribution >= 0.6 is 0 Å². The molecule has 136 valence electrons. The van der Waals surface area contributed by atoms with Gasteiger partial charge in [0.25, 0.3) is 0 Å². The molecule has 0 N–H and O–H groups in total. The molecule has 2 bridgehead atoms. The summed E-state index contributed by atoms with van der Waals surface area (Å²) >= 11 is 0. The average Bonchev–Trinajstić information content (AvgIpc) is 2.74. The molecular formula is C19H30O5. The quantitative estimate of drug-likeness (QED) is 0.730. The minimum absolute atomic E-state index is 0.175. The molecule has 5 aliphatic rings. The van der Waals surface area contributed by atoms with Crippen LogP contribution in [0.2, 0.25) is 0 Å². The third kappa shape index (κ3) is 2.36. The van der Waals surface area contributed by atoms with Crippen LogP contribution in [0.25, 0.3) is 0 Å². The highest BCUT2D eigenvalue weighted by Gasteiger charge is 2.68. The van der Waals surface area contributed by atoms with Gasteiger partial charge >= 0.3 is 0 Å². The fourth-order valence-corrected chi connectivity index (χ4v) is 5.34. The van der Waals surface area contributed by atoms with E-state index in [1.165, 1.54) is 6.42 Å². The minimum Gasteiger partial charge on any atom is -0.469 e. The highest BCUT2D eigenvalue weighted by Crippen LogP contribution is 2.59. The van der Waals surface area contributed by atoms with Crippen molar-refractivity contribution in [1.29, 1.82) is 0 Å². The van der Waals surface area contributed by atoms with Crippen LogP contribution < -0.4 is 0 Å². The van der Waals surface area contributed by atoms with Crippen molar-refractivity contribution in [2.75, 3.05) is 6.61 Å². The zero-order chi connectivity index (χ0) is 16.9. The number of hydrogen-bond acceptors (Lipinski definition) is 5. The number of ether oxygens (including phenoxy) is 3. The van der Waals surface area contributed by atoms with E-state index in [2.05, 4.69) is 19.9 Å². The smallest absolute Gasteiger partial charge is 0.235 e. The van der Waals surface area contributed by atoms with Gasteiger partial charge in [0.15, 0.2) is 5.60 Å². The second-order valence-corrected chi connectivity index (χ2v) is 8.15. The molecule has 0 aromatic carbocycles. The summed E-state index contributed by atoms with van der Waals surface area (Å²) in [4.78, 5) is 12.1. The Morgan fingerprint density at radius 1 is 1.29 bits per heavy atom. The molecule has 4 aliphatic heterocycles. The fraction of sp³-hybridized carbons (Fsp3) is 0.895. The van der Waals surface area contributed by atoms with Crippen molar-refractivity contribution in [2.45, 2.75) is 77.2 Å². The Labute approximate surface area is 144 Å². The summed E-state index contributed by atoms with van der Waals surface area (Å²) in [5.41, 5.74) is -0.504. The summed E-state index contributed by atoms with van der Waals surface area (Å²) in [5, 5.41) is 0. The van der Waals surface area contributed by atoms with Crippen molar-refractivity contribution in [1.82, 2.24) is 0 Å². The van der Waals surface area contributed by atoms with Gasteiger partial charge in [-0.1, -0.05) is 6.92 Å².